The van der Waals surface area contributed by atoms with Crippen LogP contribution in [0.2, 0.25) is 5.02 Å². The van der Waals surface area contributed by atoms with Crippen molar-refractivity contribution in [3.05, 3.63) is 82.9 Å². The highest BCUT2D eigenvalue weighted by atomic mass is 35.5. The van der Waals surface area contributed by atoms with E-state index in [1.54, 1.807) is 24.3 Å². The zero-order valence-electron chi connectivity index (χ0n) is 13.3. The molecule has 3 aromatic carbocycles. The summed E-state index contributed by atoms with van der Waals surface area (Å²) in [6, 6.07) is 21.1. The second-order valence-corrected chi connectivity index (χ2v) is 5.96. The molecule has 0 fully saturated rings. The third kappa shape index (κ3) is 3.06. The molecule has 0 saturated carbocycles. The number of carbonyl (C=O) groups is 1. The molecule has 0 aliphatic carbocycles. The molecule has 0 unspecified atom stereocenters. The smallest absolute Gasteiger partial charge is 0.336 e. The number of halogens is 1. The first kappa shape index (κ1) is 16.3. The number of benzene rings is 3. The molecule has 0 spiro atoms. The molecule has 0 aromatic heterocycles. The average Bonchev–Trinajstić information content (AvgIpc) is 2.60. The molecule has 120 valence electrons. The van der Waals surface area contributed by atoms with Gasteiger partial charge in [-0.25, -0.2) is 4.79 Å². The Balaban J connectivity index is 2.27. The molecule has 0 aliphatic rings. The van der Waals surface area contributed by atoms with Crippen LogP contribution in [-0.2, 0) is 4.79 Å². The van der Waals surface area contributed by atoms with Gasteiger partial charge in [0.25, 0.3) is 0 Å². The Kier molecular flexibility index (Phi) is 4.68. The molecular formula is C21H17ClO2. The van der Waals surface area contributed by atoms with Crippen molar-refractivity contribution in [1.29, 1.82) is 0 Å². The maximum atomic E-state index is 12.0. The zero-order chi connectivity index (χ0) is 17.1. The third-order valence-corrected chi connectivity index (χ3v) is 4.44. The van der Waals surface area contributed by atoms with Gasteiger partial charge in [0.1, 0.15) is 0 Å². The molecule has 3 aromatic rings. The lowest BCUT2D eigenvalue weighted by Crippen LogP contribution is -2.04. The van der Waals surface area contributed by atoms with Crippen molar-refractivity contribution in [2.24, 2.45) is 0 Å². The van der Waals surface area contributed by atoms with Crippen molar-refractivity contribution in [2.45, 2.75) is 13.3 Å². The minimum absolute atomic E-state index is 0.262. The number of carboxylic acids is 1. The van der Waals surface area contributed by atoms with Crippen LogP contribution in [0.5, 0.6) is 0 Å². The molecule has 0 atom stereocenters. The summed E-state index contributed by atoms with van der Waals surface area (Å²) < 4.78 is 0. The van der Waals surface area contributed by atoms with Gasteiger partial charge in [-0.1, -0.05) is 73.1 Å². The van der Waals surface area contributed by atoms with E-state index in [9.17, 15) is 9.90 Å². The van der Waals surface area contributed by atoms with Gasteiger partial charge in [-0.3, -0.25) is 0 Å². The first-order chi connectivity index (χ1) is 11.6. The number of hydrogen-bond acceptors (Lipinski definition) is 1. The highest BCUT2D eigenvalue weighted by molar-refractivity contribution is 6.36. The molecule has 1 N–H and O–H groups in total. The van der Waals surface area contributed by atoms with Crippen molar-refractivity contribution in [1.82, 2.24) is 0 Å². The van der Waals surface area contributed by atoms with E-state index < -0.39 is 5.97 Å². The number of aliphatic carboxylic acids is 1. The number of fused-ring (bicyclic) bond motifs is 1. The van der Waals surface area contributed by atoms with E-state index in [0.29, 0.717) is 17.0 Å². The molecule has 0 heterocycles. The van der Waals surface area contributed by atoms with Gasteiger partial charge < -0.3 is 5.11 Å². The first-order valence-electron chi connectivity index (χ1n) is 7.82. The monoisotopic (exact) mass is 336 g/mol. The fourth-order valence-electron chi connectivity index (χ4n) is 2.97. The maximum Gasteiger partial charge on any atom is 0.336 e. The van der Waals surface area contributed by atoms with Gasteiger partial charge >= 0.3 is 5.97 Å². The number of allylic oxidation sites excluding steroid dienone is 1. The lowest BCUT2D eigenvalue weighted by Gasteiger charge is -2.14. The molecule has 0 amide bonds. The Bertz CT molecular complexity index is 941. The van der Waals surface area contributed by atoms with E-state index >= 15 is 0 Å². The number of hydrogen-bond donors (Lipinski definition) is 1. The van der Waals surface area contributed by atoms with Crippen LogP contribution in [0.15, 0.2) is 66.7 Å². The highest BCUT2D eigenvalue weighted by Gasteiger charge is 2.19. The minimum atomic E-state index is -0.965. The van der Waals surface area contributed by atoms with Crippen LogP contribution in [0.25, 0.3) is 21.9 Å². The topological polar surface area (TPSA) is 37.3 Å². The normalized spacial score (nSPS) is 12.1. The van der Waals surface area contributed by atoms with E-state index in [4.69, 9.17) is 11.6 Å². The fraction of sp³-hybridized carbons (Fsp3) is 0.0952. The Hall–Kier alpha value is -2.58. The van der Waals surface area contributed by atoms with Crippen LogP contribution < -0.4 is 0 Å². The summed E-state index contributed by atoms with van der Waals surface area (Å²) in [5, 5.41) is 12.5. The Labute approximate surface area is 146 Å². The summed E-state index contributed by atoms with van der Waals surface area (Å²) in [4.78, 5) is 12.0. The van der Waals surface area contributed by atoms with Crippen LogP contribution in [0, 0.1) is 0 Å². The molecular weight excluding hydrogens is 320 g/mol. The average molecular weight is 337 g/mol. The van der Waals surface area contributed by atoms with E-state index in [2.05, 4.69) is 0 Å². The largest absolute Gasteiger partial charge is 0.478 e. The van der Waals surface area contributed by atoms with Crippen LogP contribution in [0.4, 0.5) is 0 Å². The van der Waals surface area contributed by atoms with Crippen LogP contribution in [0.3, 0.4) is 0 Å². The lowest BCUT2D eigenvalue weighted by molar-refractivity contribution is -0.130. The standard InChI is InChI=1S/C21H17ClO2/c1-2-17(16-12-11-14-7-3-4-8-15(14)13-16)20(21(23)24)18-9-5-6-10-19(18)22/h3-13H,2H2,1H3,(H,23,24). The Morgan fingerprint density at radius 3 is 2.29 bits per heavy atom. The van der Waals surface area contributed by atoms with Crippen molar-refractivity contribution in [3.8, 4) is 0 Å². The van der Waals surface area contributed by atoms with Crippen LogP contribution >= 0.6 is 11.6 Å². The predicted molar refractivity (Wildman–Crippen MR) is 100 cm³/mol. The fourth-order valence-corrected chi connectivity index (χ4v) is 3.20. The number of carboxylic acid groups (broad SMARTS) is 1. The molecule has 3 heteroatoms. The molecule has 0 saturated heterocycles. The van der Waals surface area contributed by atoms with Gasteiger partial charge in [0.2, 0.25) is 0 Å². The summed E-state index contributed by atoms with van der Waals surface area (Å²) in [7, 11) is 0. The second-order valence-electron chi connectivity index (χ2n) is 5.55. The van der Waals surface area contributed by atoms with Gasteiger partial charge in [-0.05, 0) is 40.5 Å². The third-order valence-electron chi connectivity index (χ3n) is 4.11. The van der Waals surface area contributed by atoms with Gasteiger partial charge in [-0.15, -0.1) is 0 Å². The molecule has 24 heavy (non-hydrogen) atoms. The van der Waals surface area contributed by atoms with Crippen LogP contribution in [-0.4, -0.2) is 11.1 Å². The van der Waals surface area contributed by atoms with Gasteiger partial charge in [0.05, 0.1) is 5.57 Å². The van der Waals surface area contributed by atoms with Crippen molar-refractivity contribution in [2.75, 3.05) is 0 Å². The van der Waals surface area contributed by atoms with E-state index in [-0.39, 0.29) is 5.57 Å². The lowest BCUT2D eigenvalue weighted by atomic mass is 9.91. The van der Waals surface area contributed by atoms with E-state index in [0.717, 1.165) is 21.9 Å². The molecule has 3 rings (SSSR count). The quantitative estimate of drug-likeness (QED) is 0.476. The van der Waals surface area contributed by atoms with E-state index in [1.165, 1.54) is 0 Å². The van der Waals surface area contributed by atoms with Gasteiger partial charge in [-0.2, -0.15) is 0 Å². The SMILES string of the molecule is CCC(=C(C(=O)O)c1ccccc1Cl)c1ccc2ccccc2c1. The molecule has 0 bridgehead atoms. The molecule has 0 radical (unpaired) electrons. The van der Waals surface area contributed by atoms with Gasteiger partial charge in [0, 0.05) is 10.6 Å². The maximum absolute atomic E-state index is 12.0. The molecule has 2 nitrogen and oxygen atoms in total. The summed E-state index contributed by atoms with van der Waals surface area (Å²) in [6.07, 6.45) is 0.602. The summed E-state index contributed by atoms with van der Waals surface area (Å²) in [5.74, 6) is -0.965. The Morgan fingerprint density at radius 1 is 0.958 bits per heavy atom. The van der Waals surface area contributed by atoms with Crippen molar-refractivity contribution < 1.29 is 9.90 Å². The zero-order valence-corrected chi connectivity index (χ0v) is 14.0. The van der Waals surface area contributed by atoms with Gasteiger partial charge in [0.15, 0.2) is 0 Å². The van der Waals surface area contributed by atoms with Crippen LogP contribution in [0.1, 0.15) is 24.5 Å². The second kappa shape index (κ2) is 6.90. The van der Waals surface area contributed by atoms with Crippen molar-refractivity contribution >= 4 is 39.5 Å². The Morgan fingerprint density at radius 2 is 1.62 bits per heavy atom. The summed E-state index contributed by atoms with van der Waals surface area (Å²) in [5.41, 5.74) is 2.50. The molecule has 0 aliphatic heterocycles. The minimum Gasteiger partial charge on any atom is -0.478 e. The highest BCUT2D eigenvalue weighted by Crippen LogP contribution is 2.34. The van der Waals surface area contributed by atoms with E-state index in [1.807, 2.05) is 49.4 Å². The van der Waals surface area contributed by atoms with Crippen molar-refractivity contribution in [3.63, 3.8) is 0 Å². The summed E-state index contributed by atoms with van der Waals surface area (Å²) in [6.45, 7) is 1.96. The summed E-state index contributed by atoms with van der Waals surface area (Å²) >= 11 is 6.25. The predicted octanol–water partition coefficient (Wildman–Crippen LogP) is 5.90. The number of rotatable bonds is 4. The first-order valence-corrected chi connectivity index (χ1v) is 8.20.